The minimum atomic E-state index is 0. The van der Waals surface area contributed by atoms with Crippen LogP contribution in [-0.4, -0.2) is 36.6 Å². The van der Waals surface area contributed by atoms with E-state index in [-0.39, 0.29) is 17.0 Å². The van der Waals surface area contributed by atoms with Gasteiger partial charge in [0.1, 0.15) is 0 Å². The molecule has 0 radical (unpaired) electrons. The van der Waals surface area contributed by atoms with Crippen molar-refractivity contribution in [1.29, 1.82) is 0 Å². The van der Waals surface area contributed by atoms with E-state index in [1.165, 1.54) is 32.1 Å². The van der Waals surface area contributed by atoms with Gasteiger partial charge in [0, 0.05) is 24.4 Å². The van der Waals surface area contributed by atoms with Crippen molar-refractivity contribution < 1.29 is 0 Å². The number of hydrogen-bond acceptors (Lipinski definition) is 4. The molecule has 0 saturated heterocycles. The SMILES string of the molecule is Br.CSC1(CNC2=NCCCCN2)CCC1. The number of hydrogen-bond donors (Lipinski definition) is 2. The van der Waals surface area contributed by atoms with Gasteiger partial charge in [-0.1, -0.05) is 6.42 Å². The monoisotopic (exact) mass is 307 g/mol. The van der Waals surface area contributed by atoms with Crippen LogP contribution in [0, 0.1) is 0 Å². The van der Waals surface area contributed by atoms with Crippen molar-refractivity contribution in [3.05, 3.63) is 0 Å². The average molecular weight is 308 g/mol. The molecule has 1 heterocycles. The summed E-state index contributed by atoms with van der Waals surface area (Å²) < 4.78 is 0.497. The van der Waals surface area contributed by atoms with Crippen molar-refractivity contribution in [2.24, 2.45) is 4.99 Å². The van der Waals surface area contributed by atoms with Crippen molar-refractivity contribution >= 4 is 34.7 Å². The third-order valence-electron chi connectivity index (χ3n) is 3.42. The molecular formula is C11H22BrN3S. The van der Waals surface area contributed by atoms with Crippen LogP contribution in [-0.2, 0) is 0 Å². The highest BCUT2D eigenvalue weighted by Crippen LogP contribution is 2.42. The van der Waals surface area contributed by atoms with Gasteiger partial charge >= 0.3 is 0 Å². The van der Waals surface area contributed by atoms with E-state index >= 15 is 0 Å². The van der Waals surface area contributed by atoms with Gasteiger partial charge in [-0.15, -0.1) is 17.0 Å². The highest BCUT2D eigenvalue weighted by molar-refractivity contribution is 8.93. The second kappa shape index (κ2) is 6.74. The lowest BCUT2D eigenvalue weighted by Crippen LogP contribution is -2.48. The predicted octanol–water partition coefficient (Wildman–Crippen LogP) is 2.18. The van der Waals surface area contributed by atoms with Gasteiger partial charge in [-0.3, -0.25) is 4.99 Å². The van der Waals surface area contributed by atoms with Crippen LogP contribution < -0.4 is 10.6 Å². The molecule has 5 heteroatoms. The molecule has 0 aromatic carbocycles. The summed E-state index contributed by atoms with van der Waals surface area (Å²) in [6.07, 6.45) is 8.78. The second-order valence-corrected chi connectivity index (χ2v) is 5.73. The largest absolute Gasteiger partial charge is 0.356 e. The Morgan fingerprint density at radius 2 is 2.19 bits per heavy atom. The van der Waals surface area contributed by atoms with Crippen molar-refractivity contribution in [2.75, 3.05) is 25.9 Å². The zero-order valence-corrected chi connectivity index (χ0v) is 12.5. The van der Waals surface area contributed by atoms with E-state index in [1.54, 1.807) is 0 Å². The Morgan fingerprint density at radius 3 is 2.81 bits per heavy atom. The Labute approximate surface area is 113 Å². The van der Waals surface area contributed by atoms with Gasteiger partial charge in [0.15, 0.2) is 5.96 Å². The molecule has 2 aliphatic rings. The van der Waals surface area contributed by atoms with Crippen LogP contribution in [0.4, 0.5) is 0 Å². The fraction of sp³-hybridized carbons (Fsp3) is 0.909. The van der Waals surface area contributed by atoms with Crippen molar-refractivity contribution in [3.63, 3.8) is 0 Å². The van der Waals surface area contributed by atoms with Crippen LogP contribution in [0.3, 0.4) is 0 Å². The zero-order chi connectivity index (χ0) is 10.6. The Balaban J connectivity index is 0.00000128. The number of nitrogens with zero attached hydrogens (tertiary/aromatic N) is 1. The van der Waals surface area contributed by atoms with Gasteiger partial charge in [0.2, 0.25) is 0 Å². The van der Waals surface area contributed by atoms with Gasteiger partial charge < -0.3 is 10.6 Å². The molecule has 94 valence electrons. The number of aliphatic imine (C=N–C) groups is 1. The minimum absolute atomic E-state index is 0. The van der Waals surface area contributed by atoms with Crippen LogP contribution >= 0.6 is 28.7 Å². The maximum Gasteiger partial charge on any atom is 0.191 e. The first-order valence-corrected chi connectivity index (χ1v) is 7.14. The zero-order valence-electron chi connectivity index (χ0n) is 9.92. The number of halogens is 1. The summed E-state index contributed by atoms with van der Waals surface area (Å²) in [5, 5.41) is 6.83. The quantitative estimate of drug-likeness (QED) is 0.839. The Bertz CT molecular complexity index is 236. The first-order chi connectivity index (χ1) is 7.35. The molecule has 0 atom stereocenters. The van der Waals surface area contributed by atoms with E-state index in [0.717, 1.165) is 25.6 Å². The molecule has 0 spiro atoms. The summed E-state index contributed by atoms with van der Waals surface area (Å²) in [5.74, 6) is 1.02. The lowest BCUT2D eigenvalue weighted by molar-refractivity contribution is 0.360. The minimum Gasteiger partial charge on any atom is -0.356 e. The van der Waals surface area contributed by atoms with Crippen LogP contribution in [0.5, 0.6) is 0 Å². The molecular weight excluding hydrogens is 286 g/mol. The van der Waals surface area contributed by atoms with Crippen molar-refractivity contribution in [2.45, 2.75) is 36.9 Å². The fourth-order valence-corrected chi connectivity index (χ4v) is 2.99. The fourth-order valence-electron chi connectivity index (χ4n) is 2.08. The summed E-state index contributed by atoms with van der Waals surface area (Å²) in [7, 11) is 0. The van der Waals surface area contributed by atoms with Gasteiger partial charge in [-0.25, -0.2) is 0 Å². The molecule has 1 fully saturated rings. The van der Waals surface area contributed by atoms with Crippen LogP contribution in [0.15, 0.2) is 4.99 Å². The molecule has 1 aliphatic heterocycles. The summed E-state index contributed by atoms with van der Waals surface area (Å²) in [4.78, 5) is 4.50. The second-order valence-electron chi connectivity index (χ2n) is 4.46. The molecule has 2 rings (SSSR count). The summed E-state index contributed by atoms with van der Waals surface area (Å²) >= 11 is 2.01. The van der Waals surface area contributed by atoms with Gasteiger partial charge in [-0.05, 0) is 31.9 Å². The molecule has 0 aromatic heterocycles. The van der Waals surface area contributed by atoms with Crippen LogP contribution in [0.25, 0.3) is 0 Å². The average Bonchev–Trinajstić information content (AvgIpc) is 2.45. The molecule has 0 amide bonds. The highest BCUT2D eigenvalue weighted by Gasteiger charge is 2.36. The van der Waals surface area contributed by atoms with E-state index in [9.17, 15) is 0 Å². The summed E-state index contributed by atoms with van der Waals surface area (Å²) in [6, 6.07) is 0. The first kappa shape index (κ1) is 14.2. The van der Waals surface area contributed by atoms with Gasteiger partial charge in [0.05, 0.1) is 0 Å². The van der Waals surface area contributed by atoms with E-state index in [4.69, 9.17) is 0 Å². The van der Waals surface area contributed by atoms with E-state index in [2.05, 4.69) is 21.9 Å². The van der Waals surface area contributed by atoms with E-state index in [0.29, 0.717) is 4.75 Å². The number of nitrogens with one attached hydrogen (secondary N) is 2. The predicted molar refractivity (Wildman–Crippen MR) is 78.0 cm³/mol. The number of rotatable bonds is 3. The molecule has 3 nitrogen and oxygen atoms in total. The molecule has 1 aliphatic carbocycles. The van der Waals surface area contributed by atoms with E-state index in [1.807, 2.05) is 11.8 Å². The van der Waals surface area contributed by atoms with Crippen LogP contribution in [0.2, 0.25) is 0 Å². The highest BCUT2D eigenvalue weighted by atomic mass is 79.9. The Hall–Kier alpha value is 0.1000. The first-order valence-electron chi connectivity index (χ1n) is 5.92. The Kier molecular flexibility index (Phi) is 5.97. The topological polar surface area (TPSA) is 36.4 Å². The third-order valence-corrected chi connectivity index (χ3v) is 4.84. The molecule has 0 bridgehead atoms. The lowest BCUT2D eigenvalue weighted by Gasteiger charge is -2.40. The lowest BCUT2D eigenvalue weighted by atomic mass is 9.84. The van der Waals surface area contributed by atoms with Crippen LogP contribution in [0.1, 0.15) is 32.1 Å². The molecule has 1 saturated carbocycles. The van der Waals surface area contributed by atoms with Gasteiger partial charge in [0.25, 0.3) is 0 Å². The smallest absolute Gasteiger partial charge is 0.191 e. The normalized spacial score (nSPS) is 22.9. The maximum absolute atomic E-state index is 4.50. The molecule has 2 N–H and O–H groups in total. The van der Waals surface area contributed by atoms with Crippen molar-refractivity contribution in [1.82, 2.24) is 10.6 Å². The van der Waals surface area contributed by atoms with E-state index < -0.39 is 0 Å². The number of thioether (sulfide) groups is 1. The molecule has 0 unspecified atom stereocenters. The van der Waals surface area contributed by atoms with Crippen molar-refractivity contribution in [3.8, 4) is 0 Å². The number of guanidine groups is 1. The van der Waals surface area contributed by atoms with Gasteiger partial charge in [-0.2, -0.15) is 11.8 Å². The standard InChI is InChI=1S/C11H21N3S.BrH/c1-15-11(5-4-6-11)9-14-10-12-7-2-3-8-13-10;/h2-9H2,1H3,(H2,12,13,14);1H. The third kappa shape index (κ3) is 3.55. The Morgan fingerprint density at radius 1 is 1.38 bits per heavy atom. The molecule has 0 aromatic rings. The summed E-state index contributed by atoms with van der Waals surface area (Å²) in [5.41, 5.74) is 0. The summed E-state index contributed by atoms with van der Waals surface area (Å²) in [6.45, 7) is 3.11. The maximum atomic E-state index is 4.50. The molecule has 16 heavy (non-hydrogen) atoms.